The number of carbonyl (C=O) groups excluding carboxylic acids is 1. The van der Waals surface area contributed by atoms with Gasteiger partial charge in [-0.05, 0) is 12.1 Å². The summed E-state index contributed by atoms with van der Waals surface area (Å²) in [6.07, 6.45) is 6.44. The molecule has 0 radical (unpaired) electrons. The normalized spacial score (nSPS) is 16.2. The molecular weight excluding hydrogens is 488 g/mol. The molecule has 12 heteroatoms. The second kappa shape index (κ2) is 8.71. The van der Waals surface area contributed by atoms with Gasteiger partial charge in [0.2, 0.25) is 0 Å². The molecule has 9 nitrogen and oxygen atoms in total. The van der Waals surface area contributed by atoms with Gasteiger partial charge in [-0.25, -0.2) is 13.3 Å². The summed E-state index contributed by atoms with van der Waals surface area (Å²) >= 11 is 1.44. The van der Waals surface area contributed by atoms with Crippen LogP contribution in [-0.2, 0) is 0 Å². The minimum absolute atomic E-state index is 0.159. The van der Waals surface area contributed by atoms with Crippen LogP contribution in [0.5, 0.6) is 0 Å². The monoisotopic (exact) mass is 509 g/mol. The van der Waals surface area contributed by atoms with Gasteiger partial charge in [0.15, 0.2) is 0 Å². The minimum atomic E-state index is -2.59. The summed E-state index contributed by atoms with van der Waals surface area (Å²) in [5.41, 5.74) is 2.29. The number of amides is 1. The van der Waals surface area contributed by atoms with Crippen LogP contribution >= 0.6 is 11.3 Å². The summed E-state index contributed by atoms with van der Waals surface area (Å²) in [6, 6.07) is 5.37. The topological polar surface area (TPSA) is 108 Å². The van der Waals surface area contributed by atoms with Gasteiger partial charge in [0.1, 0.15) is 21.3 Å². The first-order valence-electron chi connectivity index (χ1n) is 11.5. The van der Waals surface area contributed by atoms with Crippen molar-refractivity contribution < 1.29 is 13.6 Å². The van der Waals surface area contributed by atoms with E-state index in [4.69, 9.17) is 0 Å². The average molecular weight is 510 g/mol. The molecule has 1 saturated heterocycles. The van der Waals surface area contributed by atoms with E-state index in [0.29, 0.717) is 58.5 Å². The molecule has 1 fully saturated rings. The summed E-state index contributed by atoms with van der Waals surface area (Å²) in [5.74, 6) is -2.94. The molecule has 1 amide bonds. The number of aromatic nitrogens is 5. The predicted molar refractivity (Wildman–Crippen MR) is 133 cm³/mol. The molecule has 0 aromatic carbocycles. The number of pyridine rings is 3. The quantitative estimate of drug-likeness (QED) is 0.376. The molecule has 0 spiro atoms. The first-order valence-corrected chi connectivity index (χ1v) is 12.3. The largest absolute Gasteiger partial charge is 0.351 e. The molecule has 1 aliphatic rings. The number of halogens is 2. The summed E-state index contributed by atoms with van der Waals surface area (Å²) in [7, 11) is 0. The molecular formula is C24H21F2N7O2S. The Bertz CT molecular complexity index is 1650. The van der Waals surface area contributed by atoms with Crippen molar-refractivity contribution in [2.24, 2.45) is 0 Å². The maximum Gasteiger partial charge on any atom is 0.261 e. The number of thiazole rings is 1. The third-order valence-corrected chi connectivity index (χ3v) is 7.55. The van der Waals surface area contributed by atoms with E-state index in [1.165, 1.54) is 17.5 Å². The van der Waals surface area contributed by atoms with Crippen molar-refractivity contribution in [3.05, 3.63) is 58.9 Å². The molecule has 6 rings (SSSR count). The number of alkyl halides is 2. The van der Waals surface area contributed by atoms with Crippen molar-refractivity contribution >= 4 is 44.0 Å². The molecule has 0 aliphatic carbocycles. The fraction of sp³-hybridized carbons (Fsp3) is 0.292. The van der Waals surface area contributed by atoms with Crippen LogP contribution in [0.15, 0.2) is 47.8 Å². The number of hydrogen-bond donors (Lipinski definition) is 2. The number of nitrogens with zero attached hydrogens (tertiary/aromatic N) is 5. The van der Waals surface area contributed by atoms with Crippen LogP contribution in [0, 0.1) is 0 Å². The van der Waals surface area contributed by atoms with E-state index in [0.717, 1.165) is 10.4 Å². The number of rotatable bonds is 5. The lowest BCUT2D eigenvalue weighted by Crippen LogP contribution is -2.43. The predicted octanol–water partition coefficient (Wildman–Crippen LogP) is 3.31. The molecule has 5 aromatic rings. The standard InChI is InChI=1S/C24H21F2N7O2S/c25-24(26)3-7-32(8-4-24)9-6-28-21(34)15-10-16-19(29-12-15)20-18(22(35)30-16)23-33(31-20)13-17(36-23)14-2-1-5-27-11-14/h1-2,5,10-13H,3-4,6-9H2,(H,28,34)(H,30,35). The highest BCUT2D eigenvalue weighted by Crippen LogP contribution is 2.32. The molecule has 1 aliphatic heterocycles. The van der Waals surface area contributed by atoms with Crippen LogP contribution in [0.1, 0.15) is 23.2 Å². The van der Waals surface area contributed by atoms with Crippen molar-refractivity contribution in [1.82, 2.24) is 34.8 Å². The minimum Gasteiger partial charge on any atom is -0.351 e. The van der Waals surface area contributed by atoms with Crippen molar-refractivity contribution in [3.8, 4) is 10.4 Å². The molecule has 36 heavy (non-hydrogen) atoms. The first-order chi connectivity index (χ1) is 17.4. The van der Waals surface area contributed by atoms with E-state index < -0.39 is 5.92 Å². The summed E-state index contributed by atoms with van der Waals surface area (Å²) in [4.78, 5) is 40.6. The van der Waals surface area contributed by atoms with Crippen molar-refractivity contribution in [1.29, 1.82) is 0 Å². The number of nitrogens with one attached hydrogen (secondary N) is 2. The van der Waals surface area contributed by atoms with Gasteiger partial charge in [-0.2, -0.15) is 5.10 Å². The molecule has 184 valence electrons. The molecule has 0 atom stereocenters. The van der Waals surface area contributed by atoms with E-state index in [2.05, 4.69) is 25.4 Å². The van der Waals surface area contributed by atoms with Crippen LogP contribution < -0.4 is 10.9 Å². The van der Waals surface area contributed by atoms with Gasteiger partial charge in [0, 0.05) is 69.4 Å². The molecule has 6 heterocycles. The zero-order valence-corrected chi connectivity index (χ0v) is 19.8. The Labute approximate surface area is 206 Å². The second-order valence-electron chi connectivity index (χ2n) is 8.84. The highest BCUT2D eigenvalue weighted by molar-refractivity contribution is 7.21. The van der Waals surface area contributed by atoms with Gasteiger partial charge in [-0.15, -0.1) is 11.3 Å². The Morgan fingerprint density at radius 1 is 1.22 bits per heavy atom. The Hall–Kier alpha value is -3.77. The molecule has 0 unspecified atom stereocenters. The maximum absolute atomic E-state index is 13.3. The lowest BCUT2D eigenvalue weighted by atomic mass is 10.1. The van der Waals surface area contributed by atoms with Crippen molar-refractivity contribution in [2.45, 2.75) is 18.8 Å². The highest BCUT2D eigenvalue weighted by Gasteiger charge is 2.33. The van der Waals surface area contributed by atoms with Crippen LogP contribution in [0.3, 0.4) is 0 Å². The fourth-order valence-electron chi connectivity index (χ4n) is 4.45. The number of piperidine rings is 1. The van der Waals surface area contributed by atoms with E-state index in [9.17, 15) is 18.4 Å². The Balaban J connectivity index is 1.23. The van der Waals surface area contributed by atoms with E-state index in [1.54, 1.807) is 23.0 Å². The number of likely N-dealkylation sites (tertiary alicyclic amines) is 1. The van der Waals surface area contributed by atoms with Gasteiger partial charge in [-0.3, -0.25) is 19.6 Å². The first kappa shape index (κ1) is 22.7. The Morgan fingerprint density at radius 2 is 2.06 bits per heavy atom. The van der Waals surface area contributed by atoms with Crippen molar-refractivity contribution in [3.63, 3.8) is 0 Å². The highest BCUT2D eigenvalue weighted by atomic mass is 32.1. The molecule has 5 aromatic heterocycles. The smallest absolute Gasteiger partial charge is 0.261 e. The lowest BCUT2D eigenvalue weighted by Gasteiger charge is -2.31. The Morgan fingerprint density at radius 3 is 2.83 bits per heavy atom. The zero-order chi connectivity index (χ0) is 24.9. The van der Waals surface area contributed by atoms with Crippen molar-refractivity contribution in [2.75, 3.05) is 26.2 Å². The molecule has 0 saturated carbocycles. The second-order valence-corrected chi connectivity index (χ2v) is 9.87. The number of carbonyl (C=O) groups is 1. The van der Waals surface area contributed by atoms with Gasteiger partial charge < -0.3 is 15.2 Å². The zero-order valence-electron chi connectivity index (χ0n) is 19.0. The summed E-state index contributed by atoms with van der Waals surface area (Å²) in [6.45, 7) is 1.44. The van der Waals surface area contributed by atoms with Crippen LogP contribution in [0.4, 0.5) is 8.78 Å². The van der Waals surface area contributed by atoms with E-state index >= 15 is 0 Å². The summed E-state index contributed by atoms with van der Waals surface area (Å²) in [5, 5.41) is 7.84. The summed E-state index contributed by atoms with van der Waals surface area (Å²) < 4.78 is 28.3. The third kappa shape index (κ3) is 4.11. The number of fused-ring (bicyclic) bond motifs is 5. The van der Waals surface area contributed by atoms with E-state index in [-0.39, 0.29) is 24.3 Å². The molecule has 2 N–H and O–H groups in total. The van der Waals surface area contributed by atoms with E-state index in [1.807, 2.05) is 23.2 Å². The van der Waals surface area contributed by atoms with Crippen LogP contribution in [-0.4, -0.2) is 67.5 Å². The van der Waals surface area contributed by atoms with Gasteiger partial charge in [-0.1, -0.05) is 6.07 Å². The third-order valence-electron chi connectivity index (χ3n) is 6.41. The molecule has 0 bridgehead atoms. The van der Waals surface area contributed by atoms with Crippen LogP contribution in [0.25, 0.3) is 37.2 Å². The van der Waals surface area contributed by atoms with Gasteiger partial charge in [0.05, 0.1) is 16.0 Å². The number of hydrogen-bond acceptors (Lipinski definition) is 7. The average Bonchev–Trinajstić information content (AvgIpc) is 3.44. The SMILES string of the molecule is O=C(NCCN1CCC(F)(F)CC1)c1cnc2c(c1)[nH]c(=O)c1c2nn2cc(-c3cccnc3)sc12. The maximum atomic E-state index is 13.3. The lowest BCUT2D eigenvalue weighted by molar-refractivity contribution is -0.0547. The Kier molecular flexibility index (Phi) is 5.49. The van der Waals surface area contributed by atoms with Gasteiger partial charge in [0.25, 0.3) is 17.4 Å². The van der Waals surface area contributed by atoms with Gasteiger partial charge >= 0.3 is 0 Å². The fourth-order valence-corrected chi connectivity index (χ4v) is 5.53. The number of H-pyrrole nitrogens is 1. The van der Waals surface area contributed by atoms with Crippen LogP contribution in [0.2, 0.25) is 0 Å². The number of aromatic amines is 1.